The van der Waals surface area contributed by atoms with Crippen molar-refractivity contribution >= 4 is 16.8 Å². The number of hydrogen-bond acceptors (Lipinski definition) is 2. The van der Waals surface area contributed by atoms with Gasteiger partial charge in [-0.05, 0) is 23.6 Å². The van der Waals surface area contributed by atoms with Crippen LogP contribution in [0.3, 0.4) is 0 Å². The number of aromatic amines is 1. The van der Waals surface area contributed by atoms with E-state index in [1.54, 1.807) is 0 Å². The molecule has 2 aromatic rings. The van der Waals surface area contributed by atoms with Gasteiger partial charge in [-0.2, -0.15) is 0 Å². The third-order valence-electron chi connectivity index (χ3n) is 2.89. The highest BCUT2D eigenvalue weighted by molar-refractivity contribution is 5.84. The molecule has 98 valence electrons. The van der Waals surface area contributed by atoms with Gasteiger partial charge in [-0.15, -0.1) is 0 Å². The lowest BCUT2D eigenvalue weighted by Crippen LogP contribution is -2.26. The summed E-state index contributed by atoms with van der Waals surface area (Å²) in [6.45, 7) is 0.673. The minimum atomic E-state index is -0.0292. The van der Waals surface area contributed by atoms with Gasteiger partial charge >= 0.3 is 0 Å². The number of H-pyrrole nitrogens is 1. The predicted molar refractivity (Wildman–Crippen MR) is 73.6 cm³/mol. The van der Waals surface area contributed by atoms with Gasteiger partial charge in [0.1, 0.15) is 0 Å². The van der Waals surface area contributed by atoms with E-state index in [1.165, 1.54) is 0 Å². The molecule has 1 heterocycles. The van der Waals surface area contributed by atoms with Crippen molar-refractivity contribution in [1.82, 2.24) is 10.3 Å². The highest BCUT2D eigenvalue weighted by Gasteiger charge is 2.05. The van der Waals surface area contributed by atoms with Crippen LogP contribution in [-0.4, -0.2) is 24.0 Å². The molecule has 6 heteroatoms. The fourth-order valence-corrected chi connectivity index (χ4v) is 1.97. The number of rotatable bonds is 6. The molecule has 1 aromatic carbocycles. The van der Waals surface area contributed by atoms with E-state index >= 15 is 0 Å². The van der Waals surface area contributed by atoms with Crippen molar-refractivity contribution in [2.75, 3.05) is 13.1 Å². The van der Waals surface area contributed by atoms with E-state index in [0.717, 1.165) is 16.5 Å². The molecular weight excluding hydrogens is 242 g/mol. The Balaban J connectivity index is 1.85. The summed E-state index contributed by atoms with van der Waals surface area (Å²) in [5, 5.41) is 7.23. The smallest absolute Gasteiger partial charge is 0.220 e. The molecule has 1 amide bonds. The first kappa shape index (κ1) is 13.0. The topological polar surface area (TPSA) is 93.7 Å². The van der Waals surface area contributed by atoms with Crippen LogP contribution in [0.15, 0.2) is 35.6 Å². The molecule has 0 bridgehead atoms. The van der Waals surface area contributed by atoms with Crippen LogP contribution in [0.25, 0.3) is 21.3 Å². The summed E-state index contributed by atoms with van der Waals surface area (Å²) in [5.41, 5.74) is 10.3. The van der Waals surface area contributed by atoms with Crippen LogP contribution in [0.2, 0.25) is 0 Å². The highest BCUT2D eigenvalue weighted by atomic mass is 16.1. The minimum Gasteiger partial charge on any atom is -0.361 e. The van der Waals surface area contributed by atoms with Crippen molar-refractivity contribution < 1.29 is 4.79 Å². The largest absolute Gasteiger partial charge is 0.361 e. The van der Waals surface area contributed by atoms with E-state index < -0.39 is 0 Å². The molecule has 0 saturated carbocycles. The number of fused-ring (bicyclic) bond motifs is 1. The average molecular weight is 257 g/mol. The maximum absolute atomic E-state index is 11.6. The van der Waals surface area contributed by atoms with Gasteiger partial charge in [0.05, 0.1) is 0 Å². The number of amides is 1. The molecular formula is C13H15N5O. The SMILES string of the molecule is [N-]=[N+]=NCCNC(=O)CCc1c[nH]c2ccccc12. The summed E-state index contributed by atoms with van der Waals surface area (Å²) in [7, 11) is 0. The Labute approximate surface area is 110 Å². The van der Waals surface area contributed by atoms with E-state index in [4.69, 9.17) is 5.53 Å². The third kappa shape index (κ3) is 3.50. The highest BCUT2D eigenvalue weighted by Crippen LogP contribution is 2.18. The fourth-order valence-electron chi connectivity index (χ4n) is 1.97. The molecule has 0 aliphatic rings. The standard InChI is InChI=1S/C13H15N5O/c14-18-17-8-7-15-13(19)6-5-10-9-16-12-4-2-1-3-11(10)12/h1-4,9,16H,5-8H2,(H,15,19). The quantitative estimate of drug-likeness (QED) is 0.354. The molecule has 0 fully saturated rings. The van der Waals surface area contributed by atoms with Crippen molar-refractivity contribution in [3.05, 3.63) is 46.5 Å². The minimum absolute atomic E-state index is 0.0292. The van der Waals surface area contributed by atoms with Crippen molar-refractivity contribution in [2.24, 2.45) is 5.11 Å². The van der Waals surface area contributed by atoms with Crippen LogP contribution in [0, 0.1) is 0 Å². The van der Waals surface area contributed by atoms with Crippen molar-refractivity contribution in [1.29, 1.82) is 0 Å². The van der Waals surface area contributed by atoms with Crippen molar-refractivity contribution in [2.45, 2.75) is 12.8 Å². The molecule has 0 aliphatic carbocycles. The summed E-state index contributed by atoms with van der Waals surface area (Å²) >= 11 is 0. The van der Waals surface area contributed by atoms with Gasteiger partial charge in [0.2, 0.25) is 5.91 Å². The number of para-hydroxylation sites is 1. The molecule has 1 aromatic heterocycles. The zero-order valence-corrected chi connectivity index (χ0v) is 10.5. The Morgan fingerprint density at radius 3 is 3.11 bits per heavy atom. The number of carbonyl (C=O) groups excluding carboxylic acids is 1. The zero-order valence-electron chi connectivity index (χ0n) is 10.5. The number of benzene rings is 1. The van der Waals surface area contributed by atoms with E-state index in [1.807, 2.05) is 30.5 Å². The van der Waals surface area contributed by atoms with Crippen LogP contribution in [0.4, 0.5) is 0 Å². The zero-order chi connectivity index (χ0) is 13.5. The molecule has 0 radical (unpaired) electrons. The van der Waals surface area contributed by atoms with E-state index in [2.05, 4.69) is 20.3 Å². The van der Waals surface area contributed by atoms with Gasteiger partial charge in [-0.1, -0.05) is 23.3 Å². The first-order chi connectivity index (χ1) is 9.31. The number of aryl methyl sites for hydroxylation is 1. The summed E-state index contributed by atoms with van der Waals surface area (Å²) in [6, 6.07) is 8.02. The monoisotopic (exact) mass is 257 g/mol. The van der Waals surface area contributed by atoms with Crippen LogP contribution < -0.4 is 5.32 Å². The molecule has 2 rings (SSSR count). The second-order valence-electron chi connectivity index (χ2n) is 4.16. The molecule has 2 N–H and O–H groups in total. The van der Waals surface area contributed by atoms with Gasteiger partial charge in [0.25, 0.3) is 0 Å². The van der Waals surface area contributed by atoms with Crippen LogP contribution in [-0.2, 0) is 11.2 Å². The lowest BCUT2D eigenvalue weighted by molar-refractivity contribution is -0.120. The van der Waals surface area contributed by atoms with Crippen molar-refractivity contribution in [3.8, 4) is 0 Å². The van der Waals surface area contributed by atoms with E-state index in [0.29, 0.717) is 19.4 Å². The second-order valence-corrected chi connectivity index (χ2v) is 4.16. The van der Waals surface area contributed by atoms with Gasteiger partial charge in [-0.3, -0.25) is 4.79 Å². The number of nitrogens with one attached hydrogen (secondary N) is 2. The first-order valence-corrected chi connectivity index (χ1v) is 6.14. The van der Waals surface area contributed by atoms with Crippen molar-refractivity contribution in [3.63, 3.8) is 0 Å². The molecule has 0 unspecified atom stereocenters. The molecule has 0 aliphatic heterocycles. The number of hydrogen-bond donors (Lipinski definition) is 2. The Morgan fingerprint density at radius 2 is 2.26 bits per heavy atom. The number of aromatic nitrogens is 1. The molecule has 0 spiro atoms. The predicted octanol–water partition coefficient (Wildman–Crippen LogP) is 2.53. The number of nitrogens with zero attached hydrogens (tertiary/aromatic N) is 3. The van der Waals surface area contributed by atoms with Gasteiger partial charge < -0.3 is 10.3 Å². The summed E-state index contributed by atoms with van der Waals surface area (Å²) in [4.78, 5) is 17.4. The molecule has 0 atom stereocenters. The maximum atomic E-state index is 11.6. The molecule has 0 saturated heterocycles. The Morgan fingerprint density at radius 1 is 1.42 bits per heavy atom. The average Bonchev–Trinajstić information content (AvgIpc) is 2.85. The van der Waals surface area contributed by atoms with E-state index in [-0.39, 0.29) is 12.5 Å². The molecule has 19 heavy (non-hydrogen) atoms. The second kappa shape index (κ2) is 6.47. The summed E-state index contributed by atoms with van der Waals surface area (Å²) in [5.74, 6) is -0.0292. The summed E-state index contributed by atoms with van der Waals surface area (Å²) < 4.78 is 0. The molecule has 6 nitrogen and oxygen atoms in total. The lowest BCUT2D eigenvalue weighted by atomic mass is 10.1. The maximum Gasteiger partial charge on any atom is 0.220 e. The first-order valence-electron chi connectivity index (χ1n) is 6.14. The fraction of sp³-hybridized carbons (Fsp3) is 0.308. The number of carbonyl (C=O) groups is 1. The summed E-state index contributed by atoms with van der Waals surface area (Å²) in [6.07, 6.45) is 3.06. The Hall–Kier alpha value is -2.46. The van der Waals surface area contributed by atoms with Gasteiger partial charge in [0, 0.05) is 41.5 Å². The third-order valence-corrected chi connectivity index (χ3v) is 2.89. The van der Waals surface area contributed by atoms with Gasteiger partial charge in [-0.25, -0.2) is 0 Å². The van der Waals surface area contributed by atoms with Crippen LogP contribution >= 0.6 is 0 Å². The normalized spacial score (nSPS) is 10.1. The van der Waals surface area contributed by atoms with Crippen LogP contribution in [0.1, 0.15) is 12.0 Å². The van der Waals surface area contributed by atoms with Gasteiger partial charge in [0.15, 0.2) is 0 Å². The van der Waals surface area contributed by atoms with E-state index in [9.17, 15) is 4.79 Å². The van der Waals surface area contributed by atoms with Crippen LogP contribution in [0.5, 0.6) is 0 Å². The lowest BCUT2D eigenvalue weighted by Gasteiger charge is -2.02. The Kier molecular flexibility index (Phi) is 4.42. The number of azide groups is 1. The Bertz CT molecular complexity index is 612.